The molecule has 1 heterocycles. The van der Waals surface area contributed by atoms with Crippen LogP contribution < -0.4 is 9.47 Å². The van der Waals surface area contributed by atoms with Crippen LogP contribution in [0.15, 0.2) is 42.5 Å². The monoisotopic (exact) mass is 379 g/mol. The standard InChI is InChI=1S/C19H19Cl2NO3/c1-24-15-7-4-13(5-8-15)17-3-2-10-22(17)19(23)12-25-18-11-14(20)6-9-16(18)21/h4-9,11,17H,2-3,10,12H2,1H3/t17-/m0/s1. The summed E-state index contributed by atoms with van der Waals surface area (Å²) in [7, 11) is 1.64. The molecule has 0 radical (unpaired) electrons. The Morgan fingerprint density at radius 2 is 1.96 bits per heavy atom. The second-order valence-electron chi connectivity index (χ2n) is 5.88. The Labute approximate surface area is 157 Å². The quantitative estimate of drug-likeness (QED) is 0.752. The highest BCUT2D eigenvalue weighted by Gasteiger charge is 2.30. The van der Waals surface area contributed by atoms with E-state index in [1.165, 1.54) is 0 Å². The van der Waals surface area contributed by atoms with E-state index in [9.17, 15) is 4.79 Å². The molecule has 0 saturated carbocycles. The van der Waals surface area contributed by atoms with Gasteiger partial charge in [-0.25, -0.2) is 0 Å². The smallest absolute Gasteiger partial charge is 0.261 e. The number of carbonyl (C=O) groups excluding carboxylic acids is 1. The molecule has 4 nitrogen and oxygen atoms in total. The number of benzene rings is 2. The zero-order chi connectivity index (χ0) is 17.8. The van der Waals surface area contributed by atoms with E-state index in [1.54, 1.807) is 25.3 Å². The third-order valence-corrected chi connectivity index (χ3v) is 4.87. The van der Waals surface area contributed by atoms with Crippen molar-refractivity contribution in [2.24, 2.45) is 0 Å². The third-order valence-electron chi connectivity index (χ3n) is 4.32. The summed E-state index contributed by atoms with van der Waals surface area (Å²) >= 11 is 12.0. The van der Waals surface area contributed by atoms with E-state index in [2.05, 4.69) is 0 Å². The molecule has 1 aliphatic heterocycles. The maximum absolute atomic E-state index is 12.6. The summed E-state index contributed by atoms with van der Waals surface area (Å²) in [6.07, 6.45) is 1.91. The SMILES string of the molecule is COc1ccc([C@@H]2CCCN2C(=O)COc2cc(Cl)ccc2Cl)cc1. The van der Waals surface area contributed by atoms with Gasteiger partial charge >= 0.3 is 0 Å². The fraction of sp³-hybridized carbons (Fsp3) is 0.316. The predicted molar refractivity (Wildman–Crippen MR) is 98.6 cm³/mol. The number of rotatable bonds is 5. The van der Waals surface area contributed by atoms with Crippen molar-refractivity contribution in [2.45, 2.75) is 18.9 Å². The minimum Gasteiger partial charge on any atom is -0.497 e. The number of nitrogens with zero attached hydrogens (tertiary/aromatic N) is 1. The minimum absolute atomic E-state index is 0.0608. The van der Waals surface area contributed by atoms with Crippen LogP contribution in [0, 0.1) is 0 Å². The van der Waals surface area contributed by atoms with Gasteiger partial charge in [0.1, 0.15) is 11.5 Å². The molecule has 3 rings (SSSR count). The van der Waals surface area contributed by atoms with Gasteiger partial charge in [-0.05, 0) is 42.7 Å². The van der Waals surface area contributed by atoms with Gasteiger partial charge in [-0.2, -0.15) is 0 Å². The Morgan fingerprint density at radius 3 is 2.68 bits per heavy atom. The summed E-state index contributed by atoms with van der Waals surface area (Å²) in [5.41, 5.74) is 1.10. The molecule has 0 aromatic heterocycles. The maximum Gasteiger partial charge on any atom is 0.261 e. The predicted octanol–water partition coefficient (Wildman–Crippen LogP) is 4.74. The number of ether oxygens (including phenoxy) is 2. The lowest BCUT2D eigenvalue weighted by molar-refractivity contribution is -0.134. The highest BCUT2D eigenvalue weighted by atomic mass is 35.5. The molecule has 2 aromatic rings. The number of likely N-dealkylation sites (tertiary alicyclic amines) is 1. The fourth-order valence-corrected chi connectivity index (χ4v) is 3.38. The number of halogens is 2. The van der Waals surface area contributed by atoms with Gasteiger partial charge in [-0.15, -0.1) is 0 Å². The summed E-state index contributed by atoms with van der Waals surface area (Å²) in [6.45, 7) is 0.662. The highest BCUT2D eigenvalue weighted by Crippen LogP contribution is 2.33. The van der Waals surface area contributed by atoms with Crippen LogP contribution in [-0.4, -0.2) is 31.1 Å². The molecular formula is C19H19Cl2NO3. The zero-order valence-electron chi connectivity index (χ0n) is 13.9. The van der Waals surface area contributed by atoms with Gasteiger partial charge in [0.25, 0.3) is 5.91 Å². The molecule has 0 bridgehead atoms. The molecular weight excluding hydrogens is 361 g/mol. The molecule has 0 spiro atoms. The molecule has 1 saturated heterocycles. The van der Waals surface area contributed by atoms with E-state index >= 15 is 0 Å². The van der Waals surface area contributed by atoms with Crippen molar-refractivity contribution < 1.29 is 14.3 Å². The van der Waals surface area contributed by atoms with Gasteiger partial charge in [0.2, 0.25) is 0 Å². The van der Waals surface area contributed by atoms with E-state index in [1.807, 2.05) is 29.2 Å². The van der Waals surface area contributed by atoms with E-state index in [0.29, 0.717) is 15.8 Å². The normalized spacial score (nSPS) is 16.8. The maximum atomic E-state index is 12.6. The fourth-order valence-electron chi connectivity index (χ4n) is 3.05. The first kappa shape index (κ1) is 17.9. The summed E-state index contributed by atoms with van der Waals surface area (Å²) in [6, 6.07) is 12.8. The molecule has 132 valence electrons. The van der Waals surface area contributed by atoms with Crippen molar-refractivity contribution in [1.29, 1.82) is 0 Å². The van der Waals surface area contributed by atoms with Crippen LogP contribution in [0.5, 0.6) is 11.5 Å². The van der Waals surface area contributed by atoms with Crippen molar-refractivity contribution >= 4 is 29.1 Å². The molecule has 1 aliphatic rings. The second kappa shape index (κ2) is 7.98. The molecule has 0 N–H and O–H groups in total. The van der Waals surface area contributed by atoms with E-state index in [-0.39, 0.29) is 18.6 Å². The van der Waals surface area contributed by atoms with Gasteiger partial charge in [-0.3, -0.25) is 4.79 Å². The third kappa shape index (κ3) is 4.20. The largest absolute Gasteiger partial charge is 0.497 e. The summed E-state index contributed by atoms with van der Waals surface area (Å²) in [4.78, 5) is 14.5. The number of hydrogen-bond donors (Lipinski definition) is 0. The topological polar surface area (TPSA) is 38.8 Å². The summed E-state index contributed by atoms with van der Waals surface area (Å²) in [5, 5.41) is 0.953. The molecule has 0 unspecified atom stereocenters. The zero-order valence-corrected chi connectivity index (χ0v) is 15.4. The van der Waals surface area contributed by atoms with Crippen LogP contribution in [0.2, 0.25) is 10.0 Å². The number of methoxy groups -OCH3 is 1. The number of carbonyl (C=O) groups is 1. The molecule has 0 aliphatic carbocycles. The first-order chi connectivity index (χ1) is 12.1. The van der Waals surface area contributed by atoms with Crippen LogP contribution in [-0.2, 0) is 4.79 Å². The first-order valence-corrected chi connectivity index (χ1v) is 8.85. The Morgan fingerprint density at radius 1 is 1.20 bits per heavy atom. The van der Waals surface area contributed by atoms with Crippen LogP contribution in [0.25, 0.3) is 0 Å². The molecule has 1 atom stereocenters. The lowest BCUT2D eigenvalue weighted by atomic mass is 10.0. The lowest BCUT2D eigenvalue weighted by Crippen LogP contribution is -2.34. The van der Waals surface area contributed by atoms with Crippen molar-refractivity contribution in [1.82, 2.24) is 4.90 Å². The van der Waals surface area contributed by atoms with Gasteiger partial charge in [0, 0.05) is 17.6 Å². The van der Waals surface area contributed by atoms with Gasteiger partial charge in [-0.1, -0.05) is 35.3 Å². The molecule has 1 fully saturated rings. The van der Waals surface area contributed by atoms with Gasteiger partial charge in [0.15, 0.2) is 6.61 Å². The highest BCUT2D eigenvalue weighted by molar-refractivity contribution is 6.34. The molecule has 6 heteroatoms. The van der Waals surface area contributed by atoms with Crippen molar-refractivity contribution in [2.75, 3.05) is 20.3 Å². The van der Waals surface area contributed by atoms with Crippen LogP contribution in [0.1, 0.15) is 24.4 Å². The Bertz CT molecular complexity index is 749. The molecule has 2 aromatic carbocycles. The van der Waals surface area contributed by atoms with Crippen molar-refractivity contribution in [3.8, 4) is 11.5 Å². The average molecular weight is 380 g/mol. The van der Waals surface area contributed by atoms with Crippen LogP contribution >= 0.6 is 23.2 Å². The first-order valence-electron chi connectivity index (χ1n) is 8.10. The van der Waals surface area contributed by atoms with E-state index < -0.39 is 0 Å². The van der Waals surface area contributed by atoms with Gasteiger partial charge < -0.3 is 14.4 Å². The van der Waals surface area contributed by atoms with Gasteiger partial charge in [0.05, 0.1) is 18.2 Å². The van der Waals surface area contributed by atoms with Crippen molar-refractivity contribution in [3.05, 3.63) is 58.1 Å². The minimum atomic E-state index is -0.0628. The Kier molecular flexibility index (Phi) is 5.71. The number of hydrogen-bond acceptors (Lipinski definition) is 3. The van der Waals surface area contributed by atoms with Crippen LogP contribution in [0.4, 0.5) is 0 Å². The molecule has 25 heavy (non-hydrogen) atoms. The molecule has 1 amide bonds. The van der Waals surface area contributed by atoms with Crippen LogP contribution in [0.3, 0.4) is 0 Å². The second-order valence-corrected chi connectivity index (χ2v) is 6.73. The Hall–Kier alpha value is -1.91. The van der Waals surface area contributed by atoms with E-state index in [4.69, 9.17) is 32.7 Å². The Balaban J connectivity index is 1.67. The van der Waals surface area contributed by atoms with E-state index in [0.717, 1.165) is 30.7 Å². The average Bonchev–Trinajstić information content (AvgIpc) is 3.12. The van der Waals surface area contributed by atoms with Crippen molar-refractivity contribution in [3.63, 3.8) is 0 Å². The summed E-state index contributed by atoms with van der Waals surface area (Å²) < 4.78 is 10.8. The lowest BCUT2D eigenvalue weighted by Gasteiger charge is -2.25. The number of amides is 1. The summed E-state index contributed by atoms with van der Waals surface area (Å²) in [5.74, 6) is 1.16.